The first-order valence-corrected chi connectivity index (χ1v) is 10.4. The van der Waals surface area contributed by atoms with Gasteiger partial charge in [-0.3, -0.25) is 9.59 Å². The van der Waals surface area contributed by atoms with Gasteiger partial charge in [-0.05, 0) is 50.1 Å². The number of benzene rings is 2. The minimum atomic E-state index is -0.453. The predicted molar refractivity (Wildman–Crippen MR) is 112 cm³/mol. The van der Waals surface area contributed by atoms with Crippen LogP contribution in [0.3, 0.4) is 0 Å². The Balaban J connectivity index is 1.54. The highest BCUT2D eigenvalue weighted by atomic mass is 32.2. The van der Waals surface area contributed by atoms with Crippen LogP contribution in [0.25, 0.3) is 0 Å². The maximum atomic E-state index is 14.1. The molecule has 1 aliphatic rings. The number of carbonyl (C=O) groups is 2. The number of thioether (sulfide) groups is 1. The standard InChI is InChI=1S/C22H25FN2O2S/c1-15-5-4-6-20(16(15)2)24-9-11-25(12-10-24)22(27)14-28-21-8-7-18(17(3)26)13-19(21)23/h4-8,13H,9-12,14H2,1-3H3. The molecule has 1 amide bonds. The molecule has 4 nitrogen and oxygen atoms in total. The number of halogens is 1. The summed E-state index contributed by atoms with van der Waals surface area (Å²) in [7, 11) is 0. The Kier molecular flexibility index (Phi) is 6.39. The normalized spacial score (nSPS) is 14.3. The van der Waals surface area contributed by atoms with E-state index in [1.165, 1.54) is 41.6 Å². The van der Waals surface area contributed by atoms with E-state index in [0.717, 1.165) is 13.1 Å². The van der Waals surface area contributed by atoms with Gasteiger partial charge in [0.25, 0.3) is 0 Å². The molecule has 28 heavy (non-hydrogen) atoms. The quantitative estimate of drug-likeness (QED) is 0.560. The Bertz CT molecular complexity index is 892. The van der Waals surface area contributed by atoms with Crippen molar-refractivity contribution in [3.8, 4) is 0 Å². The molecule has 0 aromatic heterocycles. The number of amides is 1. The number of anilines is 1. The summed E-state index contributed by atoms with van der Waals surface area (Å²) in [5.74, 6) is -0.418. The van der Waals surface area contributed by atoms with E-state index in [-0.39, 0.29) is 17.4 Å². The number of rotatable bonds is 5. The second kappa shape index (κ2) is 8.78. The number of hydrogen-bond donors (Lipinski definition) is 0. The highest BCUT2D eigenvalue weighted by Gasteiger charge is 2.22. The fourth-order valence-corrected chi connectivity index (χ4v) is 4.17. The fraction of sp³-hybridized carbons (Fsp3) is 0.364. The highest BCUT2D eigenvalue weighted by molar-refractivity contribution is 8.00. The summed E-state index contributed by atoms with van der Waals surface area (Å²) in [5, 5.41) is 0. The summed E-state index contributed by atoms with van der Waals surface area (Å²) >= 11 is 1.18. The van der Waals surface area contributed by atoms with Gasteiger partial charge in [0.15, 0.2) is 5.78 Å². The zero-order chi connectivity index (χ0) is 20.3. The second-order valence-corrected chi connectivity index (χ2v) is 8.09. The van der Waals surface area contributed by atoms with Gasteiger partial charge in [-0.15, -0.1) is 11.8 Å². The lowest BCUT2D eigenvalue weighted by molar-refractivity contribution is -0.128. The molecule has 2 aromatic carbocycles. The minimum Gasteiger partial charge on any atom is -0.368 e. The zero-order valence-corrected chi connectivity index (χ0v) is 17.3. The third kappa shape index (κ3) is 4.55. The van der Waals surface area contributed by atoms with E-state index in [0.29, 0.717) is 23.5 Å². The molecule has 1 heterocycles. The van der Waals surface area contributed by atoms with Crippen molar-refractivity contribution >= 4 is 29.1 Å². The number of hydrogen-bond acceptors (Lipinski definition) is 4. The highest BCUT2D eigenvalue weighted by Crippen LogP contribution is 2.25. The molecule has 148 valence electrons. The molecule has 0 unspecified atom stereocenters. The van der Waals surface area contributed by atoms with E-state index in [4.69, 9.17) is 0 Å². The van der Waals surface area contributed by atoms with Crippen LogP contribution >= 0.6 is 11.8 Å². The number of nitrogens with zero attached hydrogens (tertiary/aromatic N) is 2. The van der Waals surface area contributed by atoms with E-state index in [9.17, 15) is 14.0 Å². The first kappa shape index (κ1) is 20.4. The maximum absolute atomic E-state index is 14.1. The van der Waals surface area contributed by atoms with E-state index in [1.54, 1.807) is 12.1 Å². The van der Waals surface area contributed by atoms with Gasteiger partial charge < -0.3 is 9.80 Å². The Hall–Kier alpha value is -2.34. The van der Waals surface area contributed by atoms with E-state index in [2.05, 4.69) is 36.9 Å². The number of aryl methyl sites for hydroxylation is 1. The Morgan fingerprint density at radius 2 is 1.79 bits per heavy atom. The maximum Gasteiger partial charge on any atom is 0.233 e. The third-order valence-electron chi connectivity index (χ3n) is 5.24. The van der Waals surface area contributed by atoms with Gasteiger partial charge in [0.1, 0.15) is 5.82 Å². The van der Waals surface area contributed by atoms with E-state index < -0.39 is 5.82 Å². The molecule has 2 aromatic rings. The molecule has 1 fully saturated rings. The molecule has 0 radical (unpaired) electrons. The number of ketones is 1. The van der Waals surface area contributed by atoms with Crippen molar-refractivity contribution in [3.05, 3.63) is 58.9 Å². The average Bonchev–Trinajstić information content (AvgIpc) is 2.69. The monoisotopic (exact) mass is 400 g/mol. The van der Waals surface area contributed by atoms with Crippen LogP contribution in [0.5, 0.6) is 0 Å². The molecular formula is C22H25FN2O2S. The molecule has 0 spiro atoms. The molecule has 1 aliphatic heterocycles. The molecule has 1 saturated heterocycles. The second-order valence-electron chi connectivity index (χ2n) is 7.08. The molecule has 0 N–H and O–H groups in total. The van der Waals surface area contributed by atoms with Gasteiger partial charge in [0.05, 0.1) is 5.75 Å². The topological polar surface area (TPSA) is 40.6 Å². The van der Waals surface area contributed by atoms with Gasteiger partial charge in [0.2, 0.25) is 5.91 Å². The SMILES string of the molecule is CC(=O)c1ccc(SCC(=O)N2CCN(c3cccc(C)c3C)CC2)c(F)c1. The van der Waals surface area contributed by atoms with Crippen LogP contribution in [-0.4, -0.2) is 48.5 Å². The molecule has 0 atom stereocenters. The van der Waals surface area contributed by atoms with Crippen LogP contribution in [0.1, 0.15) is 28.4 Å². The first-order chi connectivity index (χ1) is 13.4. The van der Waals surface area contributed by atoms with Crippen molar-refractivity contribution in [2.24, 2.45) is 0 Å². The Morgan fingerprint density at radius 1 is 1.07 bits per heavy atom. The number of carbonyl (C=O) groups excluding carboxylic acids is 2. The zero-order valence-electron chi connectivity index (χ0n) is 16.5. The van der Waals surface area contributed by atoms with Crippen molar-refractivity contribution in [1.82, 2.24) is 4.90 Å². The molecule has 0 aliphatic carbocycles. The summed E-state index contributed by atoms with van der Waals surface area (Å²) < 4.78 is 14.1. The summed E-state index contributed by atoms with van der Waals surface area (Å²) in [6, 6.07) is 10.7. The largest absolute Gasteiger partial charge is 0.368 e. The lowest BCUT2D eigenvalue weighted by Crippen LogP contribution is -2.49. The summed E-state index contributed by atoms with van der Waals surface area (Å²) in [5.41, 5.74) is 4.12. The number of piperazine rings is 1. The molecule has 6 heteroatoms. The predicted octanol–water partition coefficient (Wildman–Crippen LogP) is 4.09. The van der Waals surface area contributed by atoms with Crippen molar-refractivity contribution in [2.45, 2.75) is 25.7 Å². The van der Waals surface area contributed by atoms with E-state index >= 15 is 0 Å². The van der Waals surface area contributed by atoms with Crippen LogP contribution in [0.2, 0.25) is 0 Å². The van der Waals surface area contributed by atoms with Crippen molar-refractivity contribution in [2.75, 3.05) is 36.8 Å². The van der Waals surface area contributed by atoms with Gasteiger partial charge in [-0.1, -0.05) is 18.2 Å². The van der Waals surface area contributed by atoms with Crippen LogP contribution in [0.4, 0.5) is 10.1 Å². The lowest BCUT2D eigenvalue weighted by atomic mass is 10.1. The first-order valence-electron chi connectivity index (χ1n) is 9.39. The van der Waals surface area contributed by atoms with E-state index in [1.807, 2.05) is 4.90 Å². The Labute approximate surface area is 169 Å². The minimum absolute atomic E-state index is 0.0145. The summed E-state index contributed by atoms with van der Waals surface area (Å²) in [6.07, 6.45) is 0. The van der Waals surface area contributed by atoms with Crippen LogP contribution in [0.15, 0.2) is 41.3 Å². The molecular weight excluding hydrogens is 375 g/mol. The Morgan fingerprint density at radius 3 is 2.43 bits per heavy atom. The average molecular weight is 401 g/mol. The van der Waals surface area contributed by atoms with Gasteiger partial charge in [-0.25, -0.2) is 4.39 Å². The number of Topliss-reactive ketones (excluding diaryl/α,β-unsaturated/α-hetero) is 1. The van der Waals surface area contributed by atoms with Gasteiger partial charge in [0, 0.05) is 42.3 Å². The summed E-state index contributed by atoms with van der Waals surface area (Å²) in [4.78, 5) is 28.4. The van der Waals surface area contributed by atoms with Gasteiger partial charge >= 0.3 is 0 Å². The van der Waals surface area contributed by atoms with Crippen LogP contribution < -0.4 is 4.90 Å². The third-order valence-corrected chi connectivity index (χ3v) is 6.27. The van der Waals surface area contributed by atoms with Crippen molar-refractivity contribution in [3.63, 3.8) is 0 Å². The molecule has 0 saturated carbocycles. The van der Waals surface area contributed by atoms with Crippen LogP contribution in [0, 0.1) is 19.7 Å². The van der Waals surface area contributed by atoms with Crippen molar-refractivity contribution < 1.29 is 14.0 Å². The molecule has 3 rings (SSSR count). The fourth-order valence-electron chi connectivity index (χ4n) is 3.34. The van der Waals surface area contributed by atoms with Gasteiger partial charge in [-0.2, -0.15) is 0 Å². The van der Waals surface area contributed by atoms with Crippen LogP contribution in [-0.2, 0) is 4.79 Å². The lowest BCUT2D eigenvalue weighted by Gasteiger charge is -2.37. The molecule has 0 bridgehead atoms. The van der Waals surface area contributed by atoms with Crippen molar-refractivity contribution in [1.29, 1.82) is 0 Å². The smallest absolute Gasteiger partial charge is 0.233 e. The summed E-state index contributed by atoms with van der Waals surface area (Å²) in [6.45, 7) is 8.56.